The molecular weight excluding hydrogens is 458 g/mol. The number of oxazole rings is 1. The van der Waals surface area contributed by atoms with E-state index in [1.54, 1.807) is 7.11 Å². The van der Waals surface area contributed by atoms with Crippen molar-refractivity contribution in [2.24, 2.45) is 5.92 Å². The molecule has 2 saturated heterocycles. The number of aromatic nitrogens is 1. The van der Waals surface area contributed by atoms with Gasteiger partial charge in [-0.15, -0.1) is 0 Å². The first-order valence-corrected chi connectivity index (χ1v) is 11.7. The van der Waals surface area contributed by atoms with Crippen LogP contribution in [0.3, 0.4) is 0 Å². The van der Waals surface area contributed by atoms with Crippen LogP contribution in [0.1, 0.15) is 37.3 Å². The number of para-hydroxylation sites is 2. The molecule has 0 radical (unpaired) electrons. The van der Waals surface area contributed by atoms with E-state index in [1.807, 2.05) is 36.4 Å². The lowest BCUT2D eigenvalue weighted by molar-refractivity contribution is -0.137. The van der Waals surface area contributed by atoms with Crippen LogP contribution in [0.2, 0.25) is 0 Å². The summed E-state index contributed by atoms with van der Waals surface area (Å²) in [5, 5.41) is 0. The molecule has 1 aromatic heterocycles. The molecule has 0 N–H and O–H groups in total. The summed E-state index contributed by atoms with van der Waals surface area (Å²) in [6, 6.07) is 14.6. The van der Waals surface area contributed by atoms with E-state index in [1.165, 1.54) is 0 Å². The molecule has 31 heavy (non-hydrogen) atoms. The van der Waals surface area contributed by atoms with Crippen molar-refractivity contribution in [2.45, 2.75) is 31.7 Å². The fourth-order valence-corrected chi connectivity index (χ4v) is 5.25. The lowest BCUT2D eigenvalue weighted by atomic mass is 9.94. The summed E-state index contributed by atoms with van der Waals surface area (Å²) in [4.78, 5) is 22.3. The van der Waals surface area contributed by atoms with Crippen molar-refractivity contribution in [3.8, 4) is 5.75 Å². The Morgan fingerprint density at radius 2 is 1.94 bits per heavy atom. The van der Waals surface area contributed by atoms with Gasteiger partial charge in [-0.1, -0.05) is 28.1 Å². The molecule has 2 aliphatic rings. The molecule has 162 valence electrons. The molecule has 1 amide bonds. The number of methoxy groups -OCH3 is 1. The van der Waals surface area contributed by atoms with Crippen molar-refractivity contribution in [1.29, 1.82) is 0 Å². The van der Waals surface area contributed by atoms with Gasteiger partial charge >= 0.3 is 0 Å². The van der Waals surface area contributed by atoms with Crippen LogP contribution in [0, 0.1) is 5.92 Å². The highest BCUT2D eigenvalue weighted by Crippen LogP contribution is 2.40. The summed E-state index contributed by atoms with van der Waals surface area (Å²) in [7, 11) is 1.69. The Morgan fingerprint density at radius 1 is 1.13 bits per heavy atom. The van der Waals surface area contributed by atoms with Crippen molar-refractivity contribution < 1.29 is 13.9 Å². The molecule has 0 spiro atoms. The molecule has 6 nitrogen and oxygen atoms in total. The summed E-state index contributed by atoms with van der Waals surface area (Å²) < 4.78 is 12.5. The van der Waals surface area contributed by atoms with E-state index in [-0.39, 0.29) is 17.9 Å². The number of amides is 1. The fraction of sp³-hybridized carbons (Fsp3) is 0.417. The average Bonchev–Trinajstić information content (AvgIpc) is 3.46. The Balaban J connectivity index is 1.28. The maximum Gasteiger partial charge on any atom is 0.298 e. The van der Waals surface area contributed by atoms with Crippen LogP contribution in [-0.2, 0) is 4.79 Å². The minimum Gasteiger partial charge on any atom is -0.496 e. The van der Waals surface area contributed by atoms with Crippen molar-refractivity contribution in [1.82, 2.24) is 9.88 Å². The Bertz CT molecular complexity index is 1060. The van der Waals surface area contributed by atoms with E-state index in [0.29, 0.717) is 6.01 Å². The molecule has 3 aromatic rings. The lowest BCUT2D eigenvalue weighted by Gasteiger charge is -2.34. The Hall–Kier alpha value is -2.54. The molecule has 2 aliphatic heterocycles. The van der Waals surface area contributed by atoms with Crippen LogP contribution in [0.15, 0.2) is 51.4 Å². The SMILES string of the molecule is COc1ccc(Br)cc1[C@H]1CCCN1C(=O)C1CCN(c2nc3ccccc3o2)CC1. The number of carbonyl (C=O) groups is 1. The van der Waals surface area contributed by atoms with E-state index >= 15 is 0 Å². The third-order valence-corrected chi connectivity index (χ3v) is 6.98. The van der Waals surface area contributed by atoms with Crippen LogP contribution < -0.4 is 9.64 Å². The Morgan fingerprint density at radius 3 is 2.71 bits per heavy atom. The highest BCUT2D eigenvalue weighted by Gasteiger charge is 2.37. The smallest absolute Gasteiger partial charge is 0.298 e. The Labute approximate surface area is 190 Å². The molecule has 3 heterocycles. The highest BCUT2D eigenvalue weighted by molar-refractivity contribution is 9.10. The van der Waals surface area contributed by atoms with Crippen LogP contribution in [-0.4, -0.2) is 42.5 Å². The molecule has 5 rings (SSSR count). The molecule has 1 atom stereocenters. The summed E-state index contributed by atoms with van der Waals surface area (Å²) in [5.41, 5.74) is 2.77. The summed E-state index contributed by atoms with van der Waals surface area (Å²) in [6.07, 6.45) is 3.63. The van der Waals surface area contributed by atoms with Gasteiger partial charge in [-0.2, -0.15) is 4.98 Å². The van der Waals surface area contributed by atoms with Crippen LogP contribution in [0.25, 0.3) is 11.1 Å². The zero-order chi connectivity index (χ0) is 21.4. The normalized spacial score (nSPS) is 19.9. The molecule has 0 saturated carbocycles. The number of hydrogen-bond donors (Lipinski definition) is 0. The number of likely N-dealkylation sites (tertiary alicyclic amines) is 1. The summed E-state index contributed by atoms with van der Waals surface area (Å²) in [6.45, 7) is 2.37. The molecule has 0 aliphatic carbocycles. The van der Waals surface area contributed by atoms with Crippen LogP contribution in [0.4, 0.5) is 6.01 Å². The standard InChI is InChI=1S/C24H26BrN3O3/c1-30-21-9-8-17(25)15-18(21)20-6-4-12-28(20)23(29)16-10-13-27(14-11-16)24-26-19-5-2-3-7-22(19)31-24/h2-3,5,7-9,15-16,20H,4,6,10-14H2,1H3/t20-/m1/s1. The predicted octanol–water partition coefficient (Wildman–Crippen LogP) is 5.18. The average molecular weight is 484 g/mol. The van der Waals surface area contributed by atoms with Crippen LogP contribution in [0.5, 0.6) is 5.75 Å². The zero-order valence-electron chi connectivity index (χ0n) is 17.6. The first-order valence-electron chi connectivity index (χ1n) is 10.9. The van der Waals surface area contributed by atoms with E-state index in [2.05, 4.69) is 36.8 Å². The monoisotopic (exact) mass is 483 g/mol. The zero-order valence-corrected chi connectivity index (χ0v) is 19.2. The second kappa shape index (κ2) is 8.54. The number of nitrogens with zero attached hydrogens (tertiary/aromatic N) is 3. The molecule has 0 unspecified atom stereocenters. The minimum absolute atomic E-state index is 0.0411. The van der Waals surface area contributed by atoms with Gasteiger partial charge in [0.25, 0.3) is 6.01 Å². The van der Waals surface area contributed by atoms with Crippen molar-refractivity contribution in [2.75, 3.05) is 31.6 Å². The number of hydrogen-bond acceptors (Lipinski definition) is 5. The van der Waals surface area contributed by atoms with Gasteiger partial charge in [0.15, 0.2) is 5.58 Å². The second-order valence-corrected chi connectivity index (χ2v) is 9.22. The van der Waals surface area contributed by atoms with E-state index < -0.39 is 0 Å². The third-order valence-electron chi connectivity index (χ3n) is 6.48. The topological polar surface area (TPSA) is 58.8 Å². The number of ether oxygens (including phenoxy) is 1. The summed E-state index contributed by atoms with van der Waals surface area (Å²) >= 11 is 3.57. The molecule has 2 aromatic carbocycles. The molecule has 2 fully saturated rings. The number of fused-ring (bicyclic) bond motifs is 1. The third kappa shape index (κ3) is 3.91. The first-order chi connectivity index (χ1) is 15.1. The van der Waals surface area contributed by atoms with Gasteiger partial charge in [0.2, 0.25) is 5.91 Å². The summed E-state index contributed by atoms with van der Waals surface area (Å²) in [5.74, 6) is 1.15. The van der Waals surface area contributed by atoms with Gasteiger partial charge in [-0.25, -0.2) is 0 Å². The molecule has 0 bridgehead atoms. The number of piperidine rings is 1. The van der Waals surface area contributed by atoms with Gasteiger partial charge in [-0.3, -0.25) is 4.79 Å². The van der Waals surface area contributed by atoms with Gasteiger partial charge < -0.3 is 19.0 Å². The maximum absolute atomic E-state index is 13.5. The van der Waals surface area contributed by atoms with Gasteiger partial charge in [-0.05, 0) is 56.0 Å². The van der Waals surface area contributed by atoms with Gasteiger partial charge in [0, 0.05) is 35.6 Å². The molecular formula is C24H26BrN3O3. The predicted molar refractivity (Wildman–Crippen MR) is 123 cm³/mol. The number of carbonyl (C=O) groups excluding carboxylic acids is 1. The van der Waals surface area contributed by atoms with Crippen molar-refractivity contribution >= 4 is 39.0 Å². The largest absolute Gasteiger partial charge is 0.496 e. The molecule has 7 heteroatoms. The van der Waals surface area contributed by atoms with Crippen LogP contribution >= 0.6 is 15.9 Å². The quantitative estimate of drug-likeness (QED) is 0.511. The first kappa shape index (κ1) is 20.4. The lowest BCUT2D eigenvalue weighted by Crippen LogP contribution is -2.42. The number of anilines is 1. The van der Waals surface area contributed by atoms with E-state index in [9.17, 15) is 4.79 Å². The number of rotatable bonds is 4. The van der Waals surface area contributed by atoms with E-state index in [4.69, 9.17) is 9.15 Å². The van der Waals surface area contributed by atoms with Gasteiger partial charge in [0.05, 0.1) is 13.2 Å². The second-order valence-electron chi connectivity index (χ2n) is 8.30. The number of benzene rings is 2. The minimum atomic E-state index is 0.0411. The maximum atomic E-state index is 13.5. The van der Waals surface area contributed by atoms with Crippen molar-refractivity contribution in [3.63, 3.8) is 0 Å². The van der Waals surface area contributed by atoms with E-state index in [0.717, 1.165) is 72.2 Å². The number of halogens is 1. The van der Waals surface area contributed by atoms with Crippen molar-refractivity contribution in [3.05, 3.63) is 52.5 Å². The van der Waals surface area contributed by atoms with Gasteiger partial charge in [0.1, 0.15) is 11.3 Å². The fourth-order valence-electron chi connectivity index (χ4n) is 4.87. The highest BCUT2D eigenvalue weighted by atomic mass is 79.9. The Kier molecular flexibility index (Phi) is 5.61.